The van der Waals surface area contributed by atoms with Crippen molar-refractivity contribution in [3.63, 3.8) is 0 Å². The maximum Gasteiger partial charge on any atom is 0.200 e. The van der Waals surface area contributed by atoms with Crippen molar-refractivity contribution in [2.24, 2.45) is 0 Å². The Morgan fingerprint density at radius 2 is 1.94 bits per heavy atom. The lowest BCUT2D eigenvalue weighted by Crippen LogP contribution is -2.03. The van der Waals surface area contributed by atoms with Crippen molar-refractivity contribution in [1.82, 2.24) is 0 Å². The Hall–Kier alpha value is -2.62. The van der Waals surface area contributed by atoms with Gasteiger partial charge in [-0.2, -0.15) is 0 Å². The molecule has 0 spiro atoms. The maximum atomic E-state index is 12.2. The van der Waals surface area contributed by atoms with E-state index in [2.05, 4.69) is 0 Å². The fourth-order valence-corrected chi connectivity index (χ4v) is 1.98. The number of hydrogen-bond donors (Lipinski definition) is 1. The van der Waals surface area contributed by atoms with E-state index in [1.165, 1.54) is 18.2 Å². The van der Waals surface area contributed by atoms with Crippen LogP contribution in [0.1, 0.15) is 10.4 Å². The highest BCUT2D eigenvalue weighted by molar-refractivity contribution is 5.98. The van der Waals surface area contributed by atoms with E-state index >= 15 is 0 Å². The van der Waals surface area contributed by atoms with Crippen LogP contribution in [-0.2, 0) is 0 Å². The standard InChI is InChI=1S/C14H8O4/c15-7-8-2-1-3-10-13(17)11-6-9(16)4-5-12(11)18-14(8)10/h1-7,16H. The minimum Gasteiger partial charge on any atom is -0.508 e. The number of rotatable bonds is 1. The summed E-state index contributed by atoms with van der Waals surface area (Å²) in [5.41, 5.74) is 0.695. The van der Waals surface area contributed by atoms with Crippen molar-refractivity contribution in [3.05, 3.63) is 52.2 Å². The normalized spacial score (nSPS) is 10.9. The summed E-state index contributed by atoms with van der Waals surface area (Å²) >= 11 is 0. The molecule has 3 rings (SSSR count). The molecule has 0 bridgehead atoms. The molecule has 1 aromatic heterocycles. The largest absolute Gasteiger partial charge is 0.508 e. The lowest BCUT2D eigenvalue weighted by atomic mass is 10.1. The van der Waals surface area contributed by atoms with Crippen LogP contribution in [0.3, 0.4) is 0 Å². The fourth-order valence-electron chi connectivity index (χ4n) is 1.98. The van der Waals surface area contributed by atoms with E-state index in [1.54, 1.807) is 18.2 Å². The van der Waals surface area contributed by atoms with Crippen LogP contribution < -0.4 is 5.43 Å². The first kappa shape index (κ1) is 10.5. The Kier molecular flexibility index (Phi) is 2.16. The average molecular weight is 240 g/mol. The summed E-state index contributed by atoms with van der Waals surface area (Å²) in [4.78, 5) is 23.1. The Bertz CT molecular complexity index is 830. The van der Waals surface area contributed by atoms with Gasteiger partial charge in [0.25, 0.3) is 0 Å². The SMILES string of the molecule is O=Cc1cccc2c(=O)c3cc(O)ccc3oc12. The number of phenols is 1. The number of hydrogen-bond acceptors (Lipinski definition) is 4. The van der Waals surface area contributed by atoms with Crippen molar-refractivity contribution in [2.45, 2.75) is 0 Å². The van der Waals surface area contributed by atoms with Gasteiger partial charge < -0.3 is 9.52 Å². The van der Waals surface area contributed by atoms with Crippen molar-refractivity contribution >= 4 is 28.2 Å². The van der Waals surface area contributed by atoms with E-state index < -0.39 is 0 Å². The van der Waals surface area contributed by atoms with E-state index in [9.17, 15) is 14.7 Å². The summed E-state index contributed by atoms with van der Waals surface area (Å²) in [7, 11) is 0. The Morgan fingerprint density at radius 1 is 1.11 bits per heavy atom. The molecule has 0 aliphatic heterocycles. The van der Waals surface area contributed by atoms with E-state index in [-0.39, 0.29) is 16.8 Å². The van der Waals surface area contributed by atoms with E-state index in [4.69, 9.17) is 4.42 Å². The lowest BCUT2D eigenvalue weighted by molar-refractivity contribution is 0.112. The van der Waals surface area contributed by atoms with Crippen molar-refractivity contribution in [2.75, 3.05) is 0 Å². The highest BCUT2D eigenvalue weighted by atomic mass is 16.3. The zero-order valence-corrected chi connectivity index (χ0v) is 9.21. The van der Waals surface area contributed by atoms with Gasteiger partial charge in [-0.25, -0.2) is 0 Å². The van der Waals surface area contributed by atoms with Crippen LogP contribution in [0.15, 0.2) is 45.6 Å². The lowest BCUT2D eigenvalue weighted by Gasteiger charge is -2.03. The smallest absolute Gasteiger partial charge is 0.200 e. The quantitative estimate of drug-likeness (QED) is 0.524. The number of aromatic hydroxyl groups is 1. The third kappa shape index (κ3) is 1.39. The predicted octanol–water partition coefficient (Wildman–Crippen LogP) is 2.46. The number of carbonyl (C=O) groups is 1. The predicted molar refractivity (Wildman–Crippen MR) is 67.0 cm³/mol. The molecular formula is C14H8O4. The molecule has 88 valence electrons. The fraction of sp³-hybridized carbons (Fsp3) is 0. The molecule has 0 saturated carbocycles. The average Bonchev–Trinajstić information content (AvgIpc) is 2.39. The van der Waals surface area contributed by atoms with Crippen LogP contribution in [0.5, 0.6) is 5.75 Å². The summed E-state index contributed by atoms with van der Waals surface area (Å²) in [5.74, 6) is 0.000641. The van der Waals surface area contributed by atoms with Crippen LogP contribution in [0.2, 0.25) is 0 Å². The molecule has 4 heteroatoms. The number of phenolic OH excluding ortho intramolecular Hbond substituents is 1. The number of aldehydes is 1. The van der Waals surface area contributed by atoms with Gasteiger partial charge in [-0.1, -0.05) is 6.07 Å². The van der Waals surface area contributed by atoms with Crippen LogP contribution in [0.4, 0.5) is 0 Å². The van der Waals surface area contributed by atoms with Crippen LogP contribution in [0.25, 0.3) is 21.9 Å². The highest BCUT2D eigenvalue weighted by Gasteiger charge is 2.10. The van der Waals surface area contributed by atoms with Crippen molar-refractivity contribution in [1.29, 1.82) is 0 Å². The molecule has 0 aliphatic carbocycles. The maximum absolute atomic E-state index is 12.2. The number of carbonyl (C=O) groups excluding carboxylic acids is 1. The highest BCUT2D eigenvalue weighted by Crippen LogP contribution is 2.23. The topological polar surface area (TPSA) is 67.5 Å². The van der Waals surface area contributed by atoms with Gasteiger partial charge in [-0.05, 0) is 30.3 Å². The minimum absolute atomic E-state index is 0.000641. The first-order valence-electron chi connectivity index (χ1n) is 5.34. The van der Waals surface area contributed by atoms with Gasteiger partial charge >= 0.3 is 0 Å². The van der Waals surface area contributed by atoms with Gasteiger partial charge in [-0.15, -0.1) is 0 Å². The molecule has 0 saturated heterocycles. The first-order valence-corrected chi connectivity index (χ1v) is 5.34. The van der Waals surface area contributed by atoms with E-state index in [0.29, 0.717) is 28.2 Å². The second-order valence-corrected chi connectivity index (χ2v) is 3.95. The molecule has 4 nitrogen and oxygen atoms in total. The van der Waals surface area contributed by atoms with Gasteiger partial charge in [0.05, 0.1) is 16.3 Å². The minimum atomic E-state index is -0.258. The van der Waals surface area contributed by atoms with Crippen molar-refractivity contribution in [3.8, 4) is 5.75 Å². The summed E-state index contributed by atoms with van der Waals surface area (Å²) in [6.07, 6.45) is 0.650. The summed E-state index contributed by atoms with van der Waals surface area (Å²) < 4.78 is 5.56. The molecule has 1 N–H and O–H groups in total. The Balaban J connectivity index is 2.60. The van der Waals surface area contributed by atoms with Gasteiger partial charge in [0.15, 0.2) is 6.29 Å². The molecule has 0 unspecified atom stereocenters. The van der Waals surface area contributed by atoms with Gasteiger partial charge in [0.1, 0.15) is 16.9 Å². The van der Waals surface area contributed by atoms with Crippen LogP contribution in [0, 0.1) is 0 Å². The molecule has 0 aliphatic rings. The summed E-state index contributed by atoms with van der Waals surface area (Å²) in [5, 5.41) is 10.0. The monoisotopic (exact) mass is 240 g/mol. The molecule has 0 amide bonds. The third-order valence-corrected chi connectivity index (χ3v) is 2.84. The van der Waals surface area contributed by atoms with Gasteiger partial charge in [0.2, 0.25) is 5.43 Å². The molecule has 18 heavy (non-hydrogen) atoms. The molecule has 1 heterocycles. The first-order chi connectivity index (χ1) is 8.70. The Labute approximate surface area is 101 Å². The molecule has 3 aromatic rings. The second-order valence-electron chi connectivity index (χ2n) is 3.95. The number of fused-ring (bicyclic) bond motifs is 2. The van der Waals surface area contributed by atoms with Crippen LogP contribution in [-0.4, -0.2) is 11.4 Å². The Morgan fingerprint density at radius 3 is 2.72 bits per heavy atom. The van der Waals surface area contributed by atoms with Gasteiger partial charge in [0, 0.05) is 0 Å². The van der Waals surface area contributed by atoms with Gasteiger partial charge in [-0.3, -0.25) is 9.59 Å². The van der Waals surface area contributed by atoms with E-state index in [1.807, 2.05) is 0 Å². The van der Waals surface area contributed by atoms with E-state index in [0.717, 1.165) is 0 Å². The molecule has 0 radical (unpaired) electrons. The zero-order chi connectivity index (χ0) is 12.7. The van der Waals surface area contributed by atoms with Crippen LogP contribution >= 0.6 is 0 Å². The molecule has 2 aromatic carbocycles. The number of benzene rings is 2. The molecule has 0 fully saturated rings. The molecular weight excluding hydrogens is 232 g/mol. The zero-order valence-electron chi connectivity index (χ0n) is 9.21. The second kappa shape index (κ2) is 3.70. The summed E-state index contributed by atoms with van der Waals surface area (Å²) in [6.45, 7) is 0. The molecule has 0 atom stereocenters. The van der Waals surface area contributed by atoms with Crippen molar-refractivity contribution < 1.29 is 14.3 Å². The third-order valence-electron chi connectivity index (χ3n) is 2.84. The number of para-hydroxylation sites is 1. The summed E-state index contributed by atoms with van der Waals surface area (Å²) in [6, 6.07) is 9.10.